The molecule has 3 rings (SSSR count). The van der Waals surface area contributed by atoms with Gasteiger partial charge in [-0.1, -0.05) is 6.07 Å². The number of hydrogen-bond donors (Lipinski definition) is 1. The lowest BCUT2D eigenvalue weighted by molar-refractivity contribution is -0.130. The maximum Gasteiger partial charge on any atom is 0.274 e. The predicted octanol–water partition coefficient (Wildman–Crippen LogP) is 0.788. The van der Waals surface area contributed by atoms with Gasteiger partial charge in [-0.3, -0.25) is 14.6 Å². The molecule has 0 atom stereocenters. The van der Waals surface area contributed by atoms with Crippen LogP contribution in [0.1, 0.15) is 23.1 Å². The molecule has 2 amide bonds. The number of pyridine rings is 1. The van der Waals surface area contributed by atoms with E-state index in [1.807, 2.05) is 18.2 Å². The average molecular weight is 340 g/mol. The van der Waals surface area contributed by atoms with Gasteiger partial charge >= 0.3 is 0 Å². The Morgan fingerprint density at radius 3 is 2.40 bits per heavy atom. The highest BCUT2D eigenvalue weighted by Crippen LogP contribution is 2.09. The first-order chi connectivity index (χ1) is 12.1. The maximum absolute atomic E-state index is 12.5. The van der Waals surface area contributed by atoms with Crippen molar-refractivity contribution < 1.29 is 9.59 Å². The van der Waals surface area contributed by atoms with E-state index in [4.69, 9.17) is 0 Å². The second-order valence-electron chi connectivity index (χ2n) is 5.76. The van der Waals surface area contributed by atoms with Crippen LogP contribution in [0.4, 0.5) is 5.82 Å². The molecule has 0 unspecified atom stereocenters. The fourth-order valence-corrected chi connectivity index (χ4v) is 2.60. The molecule has 0 radical (unpaired) electrons. The summed E-state index contributed by atoms with van der Waals surface area (Å²) in [5.41, 5.74) is 1.20. The van der Waals surface area contributed by atoms with Gasteiger partial charge in [0.2, 0.25) is 5.91 Å². The number of carbonyl (C=O) groups excluding carboxylic acids is 2. The van der Waals surface area contributed by atoms with Crippen molar-refractivity contribution in [1.82, 2.24) is 24.8 Å². The largest absolute Gasteiger partial charge is 0.363 e. The van der Waals surface area contributed by atoms with Crippen molar-refractivity contribution in [2.24, 2.45) is 0 Å². The molecule has 1 fully saturated rings. The summed E-state index contributed by atoms with van der Waals surface area (Å²) in [6, 6.07) is 5.70. The van der Waals surface area contributed by atoms with Gasteiger partial charge in [0.1, 0.15) is 11.5 Å². The lowest BCUT2D eigenvalue weighted by atomic mass is 10.3. The standard InChI is InChI=1S/C17H20N6O2/c1-13(24)22-6-8-23(9-7-22)17(25)15-11-21-16(12-19-15)20-10-14-4-2-3-5-18-14/h2-5,11-12H,6-10H2,1H3,(H,20,21). The van der Waals surface area contributed by atoms with Crippen LogP contribution in [0.3, 0.4) is 0 Å². The predicted molar refractivity (Wildman–Crippen MR) is 91.8 cm³/mol. The third-order valence-electron chi connectivity index (χ3n) is 4.06. The Bertz CT molecular complexity index is 727. The minimum atomic E-state index is -0.160. The zero-order valence-corrected chi connectivity index (χ0v) is 14.1. The third kappa shape index (κ3) is 4.28. The number of nitrogens with zero attached hydrogens (tertiary/aromatic N) is 5. The fourth-order valence-electron chi connectivity index (χ4n) is 2.60. The number of rotatable bonds is 4. The Kier molecular flexibility index (Phi) is 5.17. The Morgan fingerprint density at radius 2 is 1.80 bits per heavy atom. The Hall–Kier alpha value is -3.03. The number of piperazine rings is 1. The second-order valence-corrected chi connectivity index (χ2v) is 5.76. The van der Waals surface area contributed by atoms with Crippen LogP contribution in [0.2, 0.25) is 0 Å². The van der Waals surface area contributed by atoms with E-state index < -0.39 is 0 Å². The van der Waals surface area contributed by atoms with E-state index in [0.29, 0.717) is 44.2 Å². The first-order valence-corrected chi connectivity index (χ1v) is 8.14. The summed E-state index contributed by atoms with van der Waals surface area (Å²) in [7, 11) is 0. The van der Waals surface area contributed by atoms with Crippen LogP contribution in [0.15, 0.2) is 36.8 Å². The molecule has 8 nitrogen and oxygen atoms in total. The van der Waals surface area contributed by atoms with Crippen LogP contribution in [-0.2, 0) is 11.3 Å². The Labute approximate surface area is 145 Å². The lowest BCUT2D eigenvalue weighted by Crippen LogP contribution is -2.50. The molecule has 0 aromatic carbocycles. The summed E-state index contributed by atoms with van der Waals surface area (Å²) >= 11 is 0. The highest BCUT2D eigenvalue weighted by molar-refractivity contribution is 5.92. The first kappa shape index (κ1) is 16.8. The molecule has 0 aliphatic carbocycles. The SMILES string of the molecule is CC(=O)N1CCN(C(=O)c2cnc(NCc3ccccn3)cn2)CC1. The molecular formula is C17H20N6O2. The van der Waals surface area contributed by atoms with E-state index in [2.05, 4.69) is 20.3 Å². The number of anilines is 1. The van der Waals surface area contributed by atoms with Gasteiger partial charge in [0.15, 0.2) is 0 Å². The van der Waals surface area contributed by atoms with Crippen molar-refractivity contribution in [3.63, 3.8) is 0 Å². The third-order valence-corrected chi connectivity index (χ3v) is 4.06. The Morgan fingerprint density at radius 1 is 1.04 bits per heavy atom. The summed E-state index contributed by atoms with van der Waals surface area (Å²) < 4.78 is 0. The minimum Gasteiger partial charge on any atom is -0.363 e. The summed E-state index contributed by atoms with van der Waals surface area (Å²) in [4.78, 5) is 39.9. The lowest BCUT2D eigenvalue weighted by Gasteiger charge is -2.33. The topological polar surface area (TPSA) is 91.3 Å². The molecule has 2 aromatic heterocycles. The van der Waals surface area contributed by atoms with Gasteiger partial charge in [-0.2, -0.15) is 0 Å². The molecule has 1 aliphatic heterocycles. The van der Waals surface area contributed by atoms with Gasteiger partial charge in [0.05, 0.1) is 24.6 Å². The molecule has 3 heterocycles. The van der Waals surface area contributed by atoms with Gasteiger partial charge in [-0.05, 0) is 12.1 Å². The monoisotopic (exact) mass is 340 g/mol. The van der Waals surface area contributed by atoms with E-state index in [1.54, 1.807) is 29.1 Å². The second kappa shape index (κ2) is 7.69. The van der Waals surface area contributed by atoms with Crippen LogP contribution in [-0.4, -0.2) is 62.7 Å². The van der Waals surface area contributed by atoms with E-state index in [0.717, 1.165) is 5.69 Å². The molecule has 1 aliphatic rings. The van der Waals surface area contributed by atoms with Crippen LogP contribution in [0.25, 0.3) is 0 Å². The van der Waals surface area contributed by atoms with Crippen molar-refractivity contribution >= 4 is 17.6 Å². The van der Waals surface area contributed by atoms with Crippen LogP contribution >= 0.6 is 0 Å². The summed E-state index contributed by atoms with van der Waals surface area (Å²) in [6.45, 7) is 4.21. The quantitative estimate of drug-likeness (QED) is 0.885. The van der Waals surface area contributed by atoms with E-state index >= 15 is 0 Å². The van der Waals surface area contributed by atoms with Gasteiger partial charge in [0, 0.05) is 39.3 Å². The maximum atomic E-state index is 12.5. The number of aromatic nitrogens is 3. The van der Waals surface area contributed by atoms with Crippen molar-refractivity contribution in [3.8, 4) is 0 Å². The number of nitrogens with one attached hydrogen (secondary N) is 1. The molecule has 0 saturated carbocycles. The molecule has 0 spiro atoms. The number of hydrogen-bond acceptors (Lipinski definition) is 6. The molecule has 25 heavy (non-hydrogen) atoms. The van der Waals surface area contributed by atoms with Gasteiger partial charge in [-0.15, -0.1) is 0 Å². The Balaban J connectivity index is 1.55. The number of carbonyl (C=O) groups is 2. The zero-order valence-electron chi connectivity index (χ0n) is 14.1. The normalized spacial score (nSPS) is 14.3. The highest BCUT2D eigenvalue weighted by atomic mass is 16.2. The fraction of sp³-hybridized carbons (Fsp3) is 0.353. The molecule has 1 N–H and O–H groups in total. The number of amides is 2. The molecular weight excluding hydrogens is 320 g/mol. The molecule has 2 aromatic rings. The van der Waals surface area contributed by atoms with Crippen molar-refractivity contribution in [1.29, 1.82) is 0 Å². The van der Waals surface area contributed by atoms with Crippen molar-refractivity contribution in [3.05, 3.63) is 48.2 Å². The van der Waals surface area contributed by atoms with E-state index in [-0.39, 0.29) is 11.8 Å². The van der Waals surface area contributed by atoms with Crippen LogP contribution in [0.5, 0.6) is 0 Å². The van der Waals surface area contributed by atoms with Crippen LogP contribution < -0.4 is 5.32 Å². The molecule has 1 saturated heterocycles. The summed E-state index contributed by atoms with van der Waals surface area (Å²) in [6.07, 6.45) is 4.75. The smallest absolute Gasteiger partial charge is 0.274 e. The molecule has 8 heteroatoms. The van der Waals surface area contributed by atoms with E-state index in [9.17, 15) is 9.59 Å². The molecule has 0 bridgehead atoms. The highest BCUT2D eigenvalue weighted by Gasteiger charge is 2.24. The van der Waals surface area contributed by atoms with Crippen molar-refractivity contribution in [2.75, 3.05) is 31.5 Å². The van der Waals surface area contributed by atoms with Crippen molar-refractivity contribution in [2.45, 2.75) is 13.5 Å². The minimum absolute atomic E-state index is 0.0372. The average Bonchev–Trinajstić information content (AvgIpc) is 2.67. The summed E-state index contributed by atoms with van der Waals surface area (Å²) in [5, 5.41) is 3.12. The van der Waals surface area contributed by atoms with E-state index in [1.165, 1.54) is 6.20 Å². The zero-order chi connectivity index (χ0) is 17.6. The summed E-state index contributed by atoms with van der Waals surface area (Å²) in [5.74, 6) is 0.464. The van der Waals surface area contributed by atoms with Gasteiger partial charge in [-0.25, -0.2) is 9.97 Å². The first-order valence-electron chi connectivity index (χ1n) is 8.14. The van der Waals surface area contributed by atoms with Gasteiger partial charge in [0.25, 0.3) is 5.91 Å². The van der Waals surface area contributed by atoms with Gasteiger partial charge < -0.3 is 15.1 Å². The molecule has 130 valence electrons. The van der Waals surface area contributed by atoms with Crippen LogP contribution in [0, 0.1) is 0 Å².